The van der Waals surface area contributed by atoms with Crippen molar-refractivity contribution >= 4 is 17.6 Å². The number of urea groups is 1. The molecule has 10 heteroatoms. The average Bonchev–Trinajstić information content (AvgIpc) is 3.10. The molecule has 0 radical (unpaired) electrons. The first-order chi connectivity index (χ1) is 15.6. The van der Waals surface area contributed by atoms with Crippen LogP contribution in [0.15, 0.2) is 54.6 Å². The van der Waals surface area contributed by atoms with Crippen molar-refractivity contribution in [2.45, 2.75) is 33.0 Å². The third-order valence-corrected chi connectivity index (χ3v) is 4.80. The fourth-order valence-electron chi connectivity index (χ4n) is 3.27. The summed E-state index contributed by atoms with van der Waals surface area (Å²) in [7, 11) is 0. The molecule has 3 aromatic rings. The van der Waals surface area contributed by atoms with Gasteiger partial charge in [-0.05, 0) is 49.7 Å². The molecule has 33 heavy (non-hydrogen) atoms. The van der Waals surface area contributed by atoms with Gasteiger partial charge in [-0.1, -0.05) is 24.3 Å². The molecule has 174 valence electrons. The molecule has 7 nitrogen and oxygen atoms in total. The van der Waals surface area contributed by atoms with Gasteiger partial charge in [-0.3, -0.25) is 4.79 Å². The van der Waals surface area contributed by atoms with Gasteiger partial charge in [0.05, 0.1) is 16.9 Å². The molecule has 1 aromatic heterocycles. The highest BCUT2D eigenvalue weighted by molar-refractivity contribution is 5.89. The van der Waals surface area contributed by atoms with E-state index in [9.17, 15) is 22.8 Å². The summed E-state index contributed by atoms with van der Waals surface area (Å²) in [5, 5.41) is 11.8. The minimum atomic E-state index is -4.59. The molecular weight excluding hydrogens is 435 g/mol. The van der Waals surface area contributed by atoms with Crippen LogP contribution in [0.3, 0.4) is 0 Å². The van der Waals surface area contributed by atoms with Crippen LogP contribution in [-0.2, 0) is 17.5 Å². The van der Waals surface area contributed by atoms with E-state index in [1.54, 1.807) is 44.2 Å². The van der Waals surface area contributed by atoms with Crippen molar-refractivity contribution in [3.8, 4) is 5.69 Å². The third-order valence-electron chi connectivity index (χ3n) is 4.80. The number of nitrogens with one attached hydrogen (secondary N) is 3. The number of carbonyl (C=O) groups excluding carboxylic acids is 2. The molecule has 0 fully saturated rings. The Hall–Kier alpha value is -3.82. The number of anilines is 1. The number of rotatable bonds is 7. The van der Waals surface area contributed by atoms with Crippen LogP contribution in [0, 0.1) is 13.8 Å². The molecule has 0 spiro atoms. The van der Waals surface area contributed by atoms with E-state index in [1.165, 1.54) is 16.8 Å². The van der Waals surface area contributed by atoms with Crippen LogP contribution in [-0.4, -0.2) is 28.3 Å². The van der Waals surface area contributed by atoms with Crippen LogP contribution in [0.25, 0.3) is 5.69 Å². The number of para-hydroxylation sites is 1. The lowest BCUT2D eigenvalue weighted by atomic mass is 10.1. The first kappa shape index (κ1) is 23.8. The highest BCUT2D eigenvalue weighted by atomic mass is 19.4. The van der Waals surface area contributed by atoms with Gasteiger partial charge in [-0.25, -0.2) is 9.48 Å². The number of alkyl halides is 3. The lowest BCUT2D eigenvalue weighted by Gasteiger charge is -2.16. The van der Waals surface area contributed by atoms with Gasteiger partial charge in [0.25, 0.3) is 0 Å². The number of halogens is 3. The minimum absolute atomic E-state index is 0.0352. The van der Waals surface area contributed by atoms with Crippen molar-refractivity contribution in [1.82, 2.24) is 20.4 Å². The lowest BCUT2D eigenvalue weighted by molar-refractivity contribution is -0.138. The summed E-state index contributed by atoms with van der Waals surface area (Å²) < 4.78 is 42.4. The maximum atomic E-state index is 13.6. The normalized spacial score (nSPS) is 11.2. The first-order valence-corrected chi connectivity index (χ1v) is 10.2. The molecule has 0 atom stereocenters. The van der Waals surface area contributed by atoms with E-state index in [-0.39, 0.29) is 30.8 Å². The summed E-state index contributed by atoms with van der Waals surface area (Å²) in [6.45, 7) is 3.27. The second-order valence-corrected chi connectivity index (χ2v) is 7.45. The van der Waals surface area contributed by atoms with Gasteiger partial charge in [0.1, 0.15) is 0 Å². The van der Waals surface area contributed by atoms with Crippen molar-refractivity contribution in [2.24, 2.45) is 0 Å². The molecule has 3 N–H and O–H groups in total. The monoisotopic (exact) mass is 459 g/mol. The standard InChI is InChI=1S/C23H24F3N5O2/c1-15-12-16(2)31(30-15)19-9-8-17(20(13-19)23(24,25)26)14-28-21(32)10-11-27-22(33)29-18-6-4-3-5-7-18/h3-9,12-13H,10-11,14H2,1-2H3,(H,28,32)(H2,27,29,33). The van der Waals surface area contributed by atoms with Gasteiger partial charge < -0.3 is 16.0 Å². The van der Waals surface area contributed by atoms with E-state index in [0.717, 1.165) is 6.07 Å². The number of hydrogen-bond donors (Lipinski definition) is 3. The Morgan fingerprint density at radius 3 is 2.36 bits per heavy atom. The summed E-state index contributed by atoms with van der Waals surface area (Å²) in [6.07, 6.45) is -4.67. The fraction of sp³-hybridized carbons (Fsp3) is 0.261. The van der Waals surface area contributed by atoms with Crippen LogP contribution >= 0.6 is 0 Å². The van der Waals surface area contributed by atoms with Gasteiger partial charge in [-0.2, -0.15) is 18.3 Å². The Morgan fingerprint density at radius 1 is 1.00 bits per heavy atom. The van der Waals surface area contributed by atoms with Gasteiger partial charge in [-0.15, -0.1) is 0 Å². The predicted octanol–water partition coefficient (Wildman–Crippen LogP) is 4.34. The Morgan fingerprint density at radius 2 is 1.73 bits per heavy atom. The van der Waals surface area contributed by atoms with Gasteiger partial charge in [0.15, 0.2) is 0 Å². The summed E-state index contributed by atoms with van der Waals surface area (Å²) in [6, 6.07) is 14.0. The Labute approximate surface area is 189 Å². The quantitative estimate of drug-likeness (QED) is 0.491. The molecular formula is C23H24F3N5O2. The molecule has 0 aliphatic carbocycles. The number of aromatic nitrogens is 2. The van der Waals surface area contributed by atoms with Crippen molar-refractivity contribution in [3.05, 3.63) is 77.1 Å². The minimum Gasteiger partial charge on any atom is -0.352 e. The molecule has 3 amide bonds. The van der Waals surface area contributed by atoms with Crippen LogP contribution in [0.1, 0.15) is 28.9 Å². The Kier molecular flexibility index (Phi) is 7.37. The number of amides is 3. The van der Waals surface area contributed by atoms with Crippen LogP contribution < -0.4 is 16.0 Å². The smallest absolute Gasteiger partial charge is 0.352 e. The van der Waals surface area contributed by atoms with Gasteiger partial charge >= 0.3 is 12.2 Å². The molecule has 0 saturated heterocycles. The topological polar surface area (TPSA) is 88.0 Å². The molecule has 0 aliphatic rings. The van der Waals surface area contributed by atoms with Crippen LogP contribution in [0.5, 0.6) is 0 Å². The number of aryl methyl sites for hydroxylation is 2. The Balaban J connectivity index is 1.57. The van der Waals surface area contributed by atoms with Crippen molar-refractivity contribution in [2.75, 3.05) is 11.9 Å². The van der Waals surface area contributed by atoms with E-state index >= 15 is 0 Å². The zero-order valence-corrected chi connectivity index (χ0v) is 18.2. The number of carbonyl (C=O) groups is 2. The second kappa shape index (κ2) is 10.2. The molecule has 2 aromatic carbocycles. The van der Waals surface area contributed by atoms with Gasteiger partial charge in [0.2, 0.25) is 5.91 Å². The Bertz CT molecular complexity index is 1130. The number of hydrogen-bond acceptors (Lipinski definition) is 3. The first-order valence-electron chi connectivity index (χ1n) is 10.2. The maximum Gasteiger partial charge on any atom is 0.416 e. The predicted molar refractivity (Wildman–Crippen MR) is 118 cm³/mol. The third kappa shape index (κ3) is 6.58. The van der Waals surface area contributed by atoms with Crippen molar-refractivity contribution in [1.29, 1.82) is 0 Å². The van der Waals surface area contributed by atoms with E-state index in [2.05, 4.69) is 21.0 Å². The van der Waals surface area contributed by atoms with Crippen molar-refractivity contribution < 1.29 is 22.8 Å². The van der Waals surface area contributed by atoms with Crippen LogP contribution in [0.4, 0.5) is 23.7 Å². The second-order valence-electron chi connectivity index (χ2n) is 7.45. The highest BCUT2D eigenvalue weighted by Crippen LogP contribution is 2.33. The summed E-state index contributed by atoms with van der Waals surface area (Å²) in [5.41, 5.74) is 1.40. The number of nitrogens with zero attached hydrogens (tertiary/aromatic N) is 2. The van der Waals surface area contributed by atoms with E-state index < -0.39 is 23.7 Å². The summed E-state index contributed by atoms with van der Waals surface area (Å²) in [4.78, 5) is 23.9. The summed E-state index contributed by atoms with van der Waals surface area (Å²) in [5.74, 6) is -0.481. The highest BCUT2D eigenvalue weighted by Gasteiger charge is 2.34. The number of benzene rings is 2. The molecule has 3 rings (SSSR count). The van der Waals surface area contributed by atoms with E-state index in [0.29, 0.717) is 17.1 Å². The van der Waals surface area contributed by atoms with Gasteiger partial charge in [0, 0.05) is 30.9 Å². The maximum absolute atomic E-state index is 13.6. The lowest BCUT2D eigenvalue weighted by Crippen LogP contribution is -2.33. The zero-order chi connectivity index (χ0) is 24.0. The molecule has 0 aliphatic heterocycles. The zero-order valence-electron chi connectivity index (χ0n) is 18.2. The fourth-order valence-corrected chi connectivity index (χ4v) is 3.27. The van der Waals surface area contributed by atoms with Crippen molar-refractivity contribution in [3.63, 3.8) is 0 Å². The average molecular weight is 459 g/mol. The summed E-state index contributed by atoms with van der Waals surface area (Å²) >= 11 is 0. The molecule has 0 unspecified atom stereocenters. The van der Waals surface area contributed by atoms with E-state index in [1.807, 2.05) is 6.07 Å². The molecule has 0 saturated carbocycles. The molecule has 1 heterocycles. The SMILES string of the molecule is Cc1cc(C)n(-c2ccc(CNC(=O)CCNC(=O)Nc3ccccc3)c(C(F)(F)F)c2)n1. The molecule has 0 bridgehead atoms. The van der Waals surface area contributed by atoms with E-state index in [4.69, 9.17) is 0 Å². The van der Waals surface area contributed by atoms with Crippen LogP contribution in [0.2, 0.25) is 0 Å². The largest absolute Gasteiger partial charge is 0.416 e.